The smallest absolute Gasteiger partial charge is 0.125 e. The molecule has 2 N–H and O–H groups in total. The van der Waals surface area contributed by atoms with E-state index in [1.165, 1.54) is 0 Å². The zero-order valence-corrected chi connectivity index (χ0v) is 7.52. The molecule has 64 valence electrons. The predicted molar refractivity (Wildman–Crippen MR) is 46.8 cm³/mol. The maximum Gasteiger partial charge on any atom is 0.125 e. The molecule has 0 aliphatic carbocycles. The number of nitrogens with two attached hydrogens (primary N) is 1. The Morgan fingerprint density at radius 1 is 1.75 bits per heavy atom. The summed E-state index contributed by atoms with van der Waals surface area (Å²) in [5.41, 5.74) is 6.75. The molecule has 1 heterocycles. The van der Waals surface area contributed by atoms with Crippen LogP contribution in [0.5, 0.6) is 0 Å². The van der Waals surface area contributed by atoms with Gasteiger partial charge in [-0.1, -0.05) is 0 Å². The molecule has 5 heteroatoms. The minimum Gasteiger partial charge on any atom is -0.388 e. The van der Waals surface area contributed by atoms with Crippen molar-refractivity contribution in [1.82, 2.24) is 4.37 Å². The van der Waals surface area contributed by atoms with E-state index in [1.807, 2.05) is 6.07 Å². The van der Waals surface area contributed by atoms with Crippen molar-refractivity contribution in [2.24, 2.45) is 0 Å². The summed E-state index contributed by atoms with van der Waals surface area (Å²) in [6, 6.07) is 2.02. The number of nitriles is 1. The highest BCUT2D eigenvalue weighted by Gasteiger charge is 2.09. The third kappa shape index (κ3) is 1.72. The molecule has 0 bridgehead atoms. The average molecular weight is 183 g/mol. The second-order valence-electron chi connectivity index (χ2n) is 2.22. The number of ether oxygens (including phenoxy) is 1. The molecule has 0 saturated carbocycles. The molecule has 0 fully saturated rings. The van der Waals surface area contributed by atoms with Gasteiger partial charge in [-0.2, -0.15) is 9.64 Å². The number of hydrogen-bond acceptors (Lipinski definition) is 5. The standard InChI is InChI=1S/C7H9N3OS/c1-11-3-2-6-5(4-8)7(9)12-10-6/h2-3,9H2,1H3. The number of anilines is 1. The predicted octanol–water partition coefficient (Wildman–Crippen LogP) is 0.786. The van der Waals surface area contributed by atoms with Gasteiger partial charge >= 0.3 is 0 Å². The van der Waals surface area contributed by atoms with Gasteiger partial charge in [0.2, 0.25) is 0 Å². The van der Waals surface area contributed by atoms with E-state index in [4.69, 9.17) is 15.7 Å². The van der Waals surface area contributed by atoms with Gasteiger partial charge in [0.1, 0.15) is 16.6 Å². The highest BCUT2D eigenvalue weighted by molar-refractivity contribution is 7.10. The largest absolute Gasteiger partial charge is 0.388 e. The summed E-state index contributed by atoms with van der Waals surface area (Å²) in [5.74, 6) is 0. The van der Waals surface area contributed by atoms with E-state index in [-0.39, 0.29) is 0 Å². The van der Waals surface area contributed by atoms with E-state index in [2.05, 4.69) is 4.37 Å². The van der Waals surface area contributed by atoms with Gasteiger partial charge in [-0.05, 0) is 11.5 Å². The van der Waals surface area contributed by atoms with Crippen LogP contribution < -0.4 is 5.73 Å². The highest BCUT2D eigenvalue weighted by atomic mass is 32.1. The van der Waals surface area contributed by atoms with Crippen molar-refractivity contribution in [2.45, 2.75) is 6.42 Å². The van der Waals surface area contributed by atoms with Crippen LogP contribution in [0.2, 0.25) is 0 Å². The first kappa shape index (κ1) is 8.97. The van der Waals surface area contributed by atoms with Crippen LogP contribution in [0.1, 0.15) is 11.3 Å². The number of nitrogen functional groups attached to an aromatic ring is 1. The fourth-order valence-corrected chi connectivity index (χ4v) is 1.47. The molecule has 0 atom stereocenters. The lowest BCUT2D eigenvalue weighted by Crippen LogP contribution is -1.97. The lowest BCUT2D eigenvalue weighted by Gasteiger charge is -1.94. The molecule has 0 saturated heterocycles. The van der Waals surface area contributed by atoms with Gasteiger partial charge in [-0.15, -0.1) is 0 Å². The van der Waals surface area contributed by atoms with E-state index < -0.39 is 0 Å². The number of hydrogen-bond donors (Lipinski definition) is 1. The van der Waals surface area contributed by atoms with E-state index in [1.54, 1.807) is 7.11 Å². The molecule has 1 aromatic heterocycles. The third-order valence-corrected chi connectivity index (χ3v) is 2.16. The maximum absolute atomic E-state index is 8.68. The summed E-state index contributed by atoms with van der Waals surface area (Å²) in [5, 5.41) is 9.17. The SMILES string of the molecule is COCCc1nsc(N)c1C#N. The van der Waals surface area contributed by atoms with Crippen molar-refractivity contribution >= 4 is 16.5 Å². The first-order valence-electron chi connectivity index (χ1n) is 3.42. The molecule has 0 amide bonds. The van der Waals surface area contributed by atoms with Crippen molar-refractivity contribution < 1.29 is 4.74 Å². The van der Waals surface area contributed by atoms with Crippen LogP contribution in [-0.2, 0) is 11.2 Å². The summed E-state index contributed by atoms with van der Waals surface area (Å²) >= 11 is 1.16. The summed E-state index contributed by atoms with van der Waals surface area (Å²) in [6.07, 6.45) is 0.646. The maximum atomic E-state index is 8.68. The van der Waals surface area contributed by atoms with Gasteiger partial charge in [-0.3, -0.25) is 0 Å². The number of aromatic nitrogens is 1. The highest BCUT2D eigenvalue weighted by Crippen LogP contribution is 2.20. The zero-order chi connectivity index (χ0) is 8.97. The normalized spacial score (nSPS) is 9.67. The van der Waals surface area contributed by atoms with Gasteiger partial charge in [0.05, 0.1) is 12.3 Å². The Morgan fingerprint density at radius 2 is 2.50 bits per heavy atom. The minimum atomic E-state index is 0.489. The monoisotopic (exact) mass is 183 g/mol. The molecule has 1 rings (SSSR count). The molecule has 0 radical (unpaired) electrons. The van der Waals surface area contributed by atoms with Crippen molar-refractivity contribution in [3.05, 3.63) is 11.3 Å². The topological polar surface area (TPSA) is 71.9 Å². The fourth-order valence-electron chi connectivity index (χ4n) is 0.827. The molecule has 0 aliphatic heterocycles. The second-order valence-corrected chi connectivity index (χ2v) is 3.03. The van der Waals surface area contributed by atoms with E-state index in [0.717, 1.165) is 17.2 Å². The van der Waals surface area contributed by atoms with E-state index in [0.29, 0.717) is 23.6 Å². The van der Waals surface area contributed by atoms with E-state index in [9.17, 15) is 0 Å². The van der Waals surface area contributed by atoms with Gasteiger partial charge in [0.25, 0.3) is 0 Å². The Morgan fingerprint density at radius 3 is 3.08 bits per heavy atom. The van der Waals surface area contributed by atoms with Crippen LogP contribution in [-0.4, -0.2) is 18.1 Å². The summed E-state index contributed by atoms with van der Waals surface area (Å²) in [4.78, 5) is 0. The molecule has 0 unspecified atom stereocenters. The molecule has 1 aromatic rings. The second kappa shape index (κ2) is 4.04. The lowest BCUT2D eigenvalue weighted by atomic mass is 10.2. The van der Waals surface area contributed by atoms with Gasteiger partial charge in [0.15, 0.2) is 0 Å². The Labute approximate surface area is 74.7 Å². The summed E-state index contributed by atoms with van der Waals surface area (Å²) in [6.45, 7) is 0.567. The van der Waals surface area contributed by atoms with Crippen LogP contribution in [0.25, 0.3) is 0 Å². The first-order chi connectivity index (χ1) is 5.79. The lowest BCUT2D eigenvalue weighted by molar-refractivity contribution is 0.201. The van der Waals surface area contributed by atoms with Crippen molar-refractivity contribution in [1.29, 1.82) is 5.26 Å². The number of rotatable bonds is 3. The van der Waals surface area contributed by atoms with Crippen LogP contribution in [0.3, 0.4) is 0 Å². The molecule has 0 aliphatic rings. The van der Waals surface area contributed by atoms with Crippen molar-refractivity contribution in [2.75, 3.05) is 19.5 Å². The summed E-state index contributed by atoms with van der Waals surface area (Å²) < 4.78 is 8.91. The van der Waals surface area contributed by atoms with Crippen LogP contribution >= 0.6 is 11.5 Å². The average Bonchev–Trinajstić information content (AvgIpc) is 2.43. The molecular formula is C7H9N3OS. The molecule has 4 nitrogen and oxygen atoms in total. The number of methoxy groups -OCH3 is 1. The molecule has 0 spiro atoms. The Balaban J connectivity index is 2.79. The molecule has 12 heavy (non-hydrogen) atoms. The Kier molecular flexibility index (Phi) is 3.02. The number of nitrogens with zero attached hydrogens (tertiary/aromatic N) is 2. The first-order valence-corrected chi connectivity index (χ1v) is 4.20. The van der Waals surface area contributed by atoms with Gasteiger partial charge < -0.3 is 10.5 Å². The van der Waals surface area contributed by atoms with Gasteiger partial charge in [-0.25, -0.2) is 0 Å². The van der Waals surface area contributed by atoms with Gasteiger partial charge in [0, 0.05) is 13.5 Å². The van der Waals surface area contributed by atoms with Crippen molar-refractivity contribution in [3.63, 3.8) is 0 Å². The zero-order valence-electron chi connectivity index (χ0n) is 6.70. The summed E-state index contributed by atoms with van der Waals surface area (Å²) in [7, 11) is 1.61. The third-order valence-electron chi connectivity index (χ3n) is 1.44. The fraction of sp³-hybridized carbons (Fsp3) is 0.429. The van der Waals surface area contributed by atoms with Crippen LogP contribution in [0.15, 0.2) is 0 Å². The Bertz CT molecular complexity index is 302. The Hall–Kier alpha value is -1.12. The molecule has 0 aromatic carbocycles. The molecular weight excluding hydrogens is 174 g/mol. The van der Waals surface area contributed by atoms with Crippen molar-refractivity contribution in [3.8, 4) is 6.07 Å². The van der Waals surface area contributed by atoms with Crippen LogP contribution in [0, 0.1) is 11.3 Å². The quantitative estimate of drug-likeness (QED) is 0.751. The minimum absolute atomic E-state index is 0.489. The van der Waals surface area contributed by atoms with E-state index >= 15 is 0 Å². The van der Waals surface area contributed by atoms with Crippen LogP contribution in [0.4, 0.5) is 5.00 Å².